The summed E-state index contributed by atoms with van der Waals surface area (Å²) in [4.78, 5) is 8.63. The van der Waals surface area contributed by atoms with E-state index in [0.717, 1.165) is 27.7 Å². The Hall–Kier alpha value is -2.73. The van der Waals surface area contributed by atoms with E-state index in [4.69, 9.17) is 0 Å². The molecule has 90 valence electrons. The maximum Gasteiger partial charge on any atom is 0.102 e. The quantitative estimate of drug-likeness (QED) is 0.659. The molecule has 0 amide bonds. The molecule has 0 fully saturated rings. The molecule has 0 saturated carbocycles. The Morgan fingerprint density at radius 2 is 1.79 bits per heavy atom. The van der Waals surface area contributed by atoms with Crippen LogP contribution < -0.4 is 0 Å². The molecule has 3 heteroatoms. The van der Waals surface area contributed by atoms with Gasteiger partial charge in [-0.2, -0.15) is 5.26 Å². The average Bonchev–Trinajstić information content (AvgIpc) is 2.48. The second-order valence-electron chi connectivity index (χ2n) is 4.33. The predicted molar refractivity (Wildman–Crippen MR) is 74.4 cm³/mol. The van der Waals surface area contributed by atoms with Gasteiger partial charge in [-0.25, -0.2) is 4.98 Å². The lowest BCUT2D eigenvalue weighted by Gasteiger charge is -2.09. The molecule has 0 unspecified atom stereocenters. The lowest BCUT2D eigenvalue weighted by Crippen LogP contribution is -1.95. The number of para-hydroxylation sites is 1. The number of nitriles is 1. The first-order chi connectivity index (χ1) is 9.31. The van der Waals surface area contributed by atoms with Gasteiger partial charge in [0.1, 0.15) is 6.07 Å². The summed E-state index contributed by atoms with van der Waals surface area (Å²) >= 11 is 0. The highest BCUT2D eigenvalue weighted by molar-refractivity contribution is 5.88. The van der Waals surface area contributed by atoms with Crippen molar-refractivity contribution in [1.29, 1.82) is 5.26 Å². The normalized spacial score (nSPS) is 10.3. The van der Waals surface area contributed by atoms with Crippen molar-refractivity contribution in [1.82, 2.24) is 9.97 Å². The van der Waals surface area contributed by atoms with Gasteiger partial charge in [0.2, 0.25) is 0 Å². The summed E-state index contributed by atoms with van der Waals surface area (Å²) in [5.74, 6) is 0. The number of pyridine rings is 2. The zero-order valence-corrected chi connectivity index (χ0v) is 10.5. The molecule has 0 spiro atoms. The fourth-order valence-corrected chi connectivity index (χ4v) is 2.23. The number of rotatable bonds is 1. The molecule has 0 radical (unpaired) electrons. The van der Waals surface area contributed by atoms with Crippen LogP contribution in [0.15, 0.2) is 48.8 Å². The first-order valence-electron chi connectivity index (χ1n) is 6.01. The van der Waals surface area contributed by atoms with Crippen molar-refractivity contribution in [2.75, 3.05) is 0 Å². The fourth-order valence-electron chi connectivity index (χ4n) is 2.23. The van der Waals surface area contributed by atoms with Crippen molar-refractivity contribution in [3.8, 4) is 17.3 Å². The van der Waals surface area contributed by atoms with Crippen LogP contribution in [0.4, 0.5) is 0 Å². The molecule has 0 N–H and O–H groups in total. The van der Waals surface area contributed by atoms with E-state index in [1.165, 1.54) is 0 Å². The summed E-state index contributed by atoms with van der Waals surface area (Å²) in [6.45, 7) is 1.97. The number of nitrogens with zero attached hydrogens (tertiary/aromatic N) is 3. The minimum Gasteiger partial charge on any atom is -0.265 e. The fraction of sp³-hybridized carbons (Fsp3) is 0.0625. The summed E-state index contributed by atoms with van der Waals surface area (Å²) < 4.78 is 0. The van der Waals surface area contributed by atoms with Gasteiger partial charge in [-0.1, -0.05) is 18.2 Å². The van der Waals surface area contributed by atoms with E-state index in [-0.39, 0.29) is 0 Å². The molecule has 3 rings (SSSR count). The van der Waals surface area contributed by atoms with Gasteiger partial charge in [-0.15, -0.1) is 0 Å². The highest BCUT2D eigenvalue weighted by Crippen LogP contribution is 2.28. The smallest absolute Gasteiger partial charge is 0.102 e. The molecule has 0 aliphatic heterocycles. The summed E-state index contributed by atoms with van der Waals surface area (Å²) in [6, 6.07) is 13.9. The van der Waals surface area contributed by atoms with Gasteiger partial charge < -0.3 is 0 Å². The van der Waals surface area contributed by atoms with E-state index in [0.29, 0.717) is 5.56 Å². The Kier molecular flexibility index (Phi) is 2.70. The topological polar surface area (TPSA) is 49.6 Å². The van der Waals surface area contributed by atoms with Crippen LogP contribution in [-0.4, -0.2) is 9.97 Å². The number of fused-ring (bicyclic) bond motifs is 1. The molecule has 0 aliphatic rings. The number of benzene rings is 1. The summed E-state index contributed by atoms with van der Waals surface area (Å²) in [5.41, 5.74) is 4.15. The molecule has 2 heterocycles. The van der Waals surface area contributed by atoms with E-state index in [2.05, 4.69) is 16.0 Å². The second-order valence-corrected chi connectivity index (χ2v) is 4.33. The van der Waals surface area contributed by atoms with E-state index in [1.807, 2.05) is 43.3 Å². The van der Waals surface area contributed by atoms with Crippen LogP contribution in [0.2, 0.25) is 0 Å². The highest BCUT2D eigenvalue weighted by Gasteiger charge is 2.12. The molecule has 0 saturated heterocycles. The highest BCUT2D eigenvalue weighted by atomic mass is 14.7. The van der Waals surface area contributed by atoms with E-state index in [9.17, 15) is 5.26 Å². The van der Waals surface area contributed by atoms with Gasteiger partial charge in [-0.05, 0) is 30.7 Å². The number of aryl methyl sites for hydroxylation is 1. The van der Waals surface area contributed by atoms with E-state index < -0.39 is 0 Å². The number of aromatic nitrogens is 2. The lowest BCUT2D eigenvalue weighted by atomic mass is 9.99. The first-order valence-corrected chi connectivity index (χ1v) is 6.01. The third kappa shape index (κ3) is 1.84. The van der Waals surface area contributed by atoms with Gasteiger partial charge in [0.15, 0.2) is 0 Å². The minimum absolute atomic E-state index is 0.630. The van der Waals surface area contributed by atoms with Crippen LogP contribution in [-0.2, 0) is 0 Å². The van der Waals surface area contributed by atoms with Crippen LogP contribution in [0.1, 0.15) is 11.1 Å². The van der Waals surface area contributed by atoms with Crippen molar-refractivity contribution in [2.45, 2.75) is 6.92 Å². The van der Waals surface area contributed by atoms with E-state index in [1.54, 1.807) is 12.4 Å². The van der Waals surface area contributed by atoms with Crippen molar-refractivity contribution in [3.63, 3.8) is 0 Å². The third-order valence-electron chi connectivity index (χ3n) is 3.22. The molecule has 0 bridgehead atoms. The first kappa shape index (κ1) is 11.4. The lowest BCUT2D eigenvalue weighted by molar-refractivity contribution is 1.29. The monoisotopic (exact) mass is 245 g/mol. The molecule has 3 nitrogen and oxygen atoms in total. The maximum absolute atomic E-state index is 9.41. The Bertz CT molecular complexity index is 786. The second kappa shape index (κ2) is 4.51. The Labute approximate surface area is 111 Å². The molecule has 0 aliphatic carbocycles. The molecular formula is C16H11N3. The standard InChI is InChI=1S/C16H11N3/c1-11-13-4-2-3-5-15(13)19-16(14(11)10-17)12-6-8-18-9-7-12/h2-9H,1H3. The number of hydrogen-bond acceptors (Lipinski definition) is 3. The maximum atomic E-state index is 9.41. The summed E-state index contributed by atoms with van der Waals surface area (Å²) in [5, 5.41) is 10.4. The van der Waals surface area contributed by atoms with Crippen LogP contribution in [0.25, 0.3) is 22.2 Å². The van der Waals surface area contributed by atoms with Crippen LogP contribution in [0.5, 0.6) is 0 Å². The molecule has 0 atom stereocenters. The van der Waals surface area contributed by atoms with Gasteiger partial charge in [-0.3, -0.25) is 4.98 Å². The SMILES string of the molecule is Cc1c(C#N)c(-c2ccncc2)nc2ccccc12. The Morgan fingerprint density at radius 1 is 1.05 bits per heavy atom. The largest absolute Gasteiger partial charge is 0.265 e. The van der Waals surface area contributed by atoms with Crippen molar-refractivity contribution < 1.29 is 0 Å². The third-order valence-corrected chi connectivity index (χ3v) is 3.22. The predicted octanol–water partition coefficient (Wildman–Crippen LogP) is 3.48. The van der Waals surface area contributed by atoms with Gasteiger partial charge >= 0.3 is 0 Å². The van der Waals surface area contributed by atoms with Gasteiger partial charge in [0.25, 0.3) is 0 Å². The zero-order chi connectivity index (χ0) is 13.2. The minimum atomic E-state index is 0.630. The van der Waals surface area contributed by atoms with Crippen molar-refractivity contribution >= 4 is 10.9 Å². The van der Waals surface area contributed by atoms with Crippen LogP contribution in [0.3, 0.4) is 0 Å². The molecule has 3 aromatic rings. The Balaban J connectivity index is 2.40. The zero-order valence-electron chi connectivity index (χ0n) is 10.5. The van der Waals surface area contributed by atoms with Gasteiger partial charge in [0.05, 0.1) is 16.8 Å². The molecule has 19 heavy (non-hydrogen) atoms. The average molecular weight is 245 g/mol. The van der Waals surface area contributed by atoms with Crippen molar-refractivity contribution in [2.24, 2.45) is 0 Å². The number of hydrogen-bond donors (Lipinski definition) is 0. The van der Waals surface area contributed by atoms with Gasteiger partial charge in [0, 0.05) is 23.3 Å². The molecule has 1 aromatic carbocycles. The Morgan fingerprint density at radius 3 is 2.53 bits per heavy atom. The van der Waals surface area contributed by atoms with Crippen LogP contribution in [0, 0.1) is 18.3 Å². The molecular weight excluding hydrogens is 234 g/mol. The van der Waals surface area contributed by atoms with Crippen LogP contribution >= 0.6 is 0 Å². The van der Waals surface area contributed by atoms with E-state index >= 15 is 0 Å². The van der Waals surface area contributed by atoms with Crippen molar-refractivity contribution in [3.05, 3.63) is 59.9 Å². The summed E-state index contributed by atoms with van der Waals surface area (Å²) in [6.07, 6.45) is 3.42. The summed E-state index contributed by atoms with van der Waals surface area (Å²) in [7, 11) is 0. The molecule has 2 aromatic heterocycles.